The molecule has 116 valence electrons. The zero-order valence-corrected chi connectivity index (χ0v) is 12.8. The topological polar surface area (TPSA) is 87.5 Å². The van der Waals surface area contributed by atoms with E-state index >= 15 is 0 Å². The molecule has 1 aliphatic heterocycles. The number of carboxylic acid groups (broad SMARTS) is 1. The van der Waals surface area contributed by atoms with E-state index in [2.05, 4.69) is 10.3 Å². The van der Waals surface area contributed by atoms with Crippen LogP contribution in [0.5, 0.6) is 0 Å². The summed E-state index contributed by atoms with van der Waals surface area (Å²) in [4.78, 5) is 28.8. The Kier molecular flexibility index (Phi) is 5.49. The van der Waals surface area contributed by atoms with E-state index in [-0.39, 0.29) is 11.4 Å². The van der Waals surface area contributed by atoms with Gasteiger partial charge in [-0.1, -0.05) is 6.92 Å². The molecule has 1 saturated heterocycles. The number of carbonyl (C=O) groups is 2. The lowest BCUT2D eigenvalue weighted by Gasteiger charge is -2.26. The van der Waals surface area contributed by atoms with Crippen LogP contribution in [0.25, 0.3) is 0 Å². The number of rotatable bonds is 6. The van der Waals surface area contributed by atoms with Crippen LogP contribution in [0.1, 0.15) is 19.8 Å². The molecule has 8 heteroatoms. The second-order valence-corrected chi connectivity index (χ2v) is 6.05. The Morgan fingerprint density at radius 1 is 1.52 bits per heavy atom. The second-order valence-electron chi connectivity index (χ2n) is 4.84. The molecule has 0 radical (unpaired) electrons. The van der Waals surface area contributed by atoms with Crippen molar-refractivity contribution in [1.29, 1.82) is 0 Å². The number of aromatic nitrogens is 2. The van der Waals surface area contributed by atoms with Crippen LogP contribution in [-0.2, 0) is 11.3 Å². The third-order valence-corrected chi connectivity index (χ3v) is 4.84. The van der Waals surface area contributed by atoms with Crippen molar-refractivity contribution < 1.29 is 14.7 Å². The first-order valence-corrected chi connectivity index (χ1v) is 8.04. The summed E-state index contributed by atoms with van der Waals surface area (Å²) in [5.41, 5.74) is 0. The van der Waals surface area contributed by atoms with Gasteiger partial charge in [-0.3, -0.25) is 4.90 Å². The van der Waals surface area contributed by atoms with Crippen LogP contribution in [0.4, 0.5) is 4.79 Å². The maximum absolute atomic E-state index is 12.2. The maximum Gasteiger partial charge on any atom is 0.327 e. The summed E-state index contributed by atoms with van der Waals surface area (Å²) in [5, 5.41) is 12.0. The van der Waals surface area contributed by atoms with Gasteiger partial charge < -0.3 is 15.0 Å². The van der Waals surface area contributed by atoms with Gasteiger partial charge in [-0.2, -0.15) is 0 Å². The van der Waals surface area contributed by atoms with Crippen LogP contribution in [0, 0.1) is 0 Å². The third-order valence-electron chi connectivity index (χ3n) is 3.39. The highest BCUT2D eigenvalue weighted by atomic mass is 32.2. The Bertz CT molecular complexity index is 480. The van der Waals surface area contributed by atoms with E-state index in [1.807, 2.05) is 17.7 Å². The standard InChI is InChI=1S/C13H20N4O3S/c1-2-11-17(10(8-21-11)12(18)19)13(20)15-4-3-6-16-7-5-14-9-16/h5,7,9-11H,2-4,6,8H2,1H3,(H,15,20)(H,18,19). The van der Waals surface area contributed by atoms with Crippen molar-refractivity contribution in [2.45, 2.75) is 37.7 Å². The molecular formula is C13H20N4O3S. The van der Waals surface area contributed by atoms with Gasteiger partial charge in [0.05, 0.1) is 11.7 Å². The summed E-state index contributed by atoms with van der Waals surface area (Å²) in [6.45, 7) is 3.25. The number of aryl methyl sites for hydroxylation is 1. The molecule has 2 N–H and O–H groups in total. The number of amides is 2. The summed E-state index contributed by atoms with van der Waals surface area (Å²) in [6, 6.07) is -1.02. The van der Waals surface area contributed by atoms with Gasteiger partial charge in [0.25, 0.3) is 0 Å². The predicted molar refractivity (Wildman–Crippen MR) is 80.0 cm³/mol. The first-order valence-electron chi connectivity index (χ1n) is 6.99. The van der Waals surface area contributed by atoms with E-state index < -0.39 is 12.0 Å². The number of aliphatic carboxylic acids is 1. The predicted octanol–water partition coefficient (Wildman–Crippen LogP) is 1.22. The van der Waals surface area contributed by atoms with Crippen LogP contribution < -0.4 is 5.32 Å². The molecule has 0 saturated carbocycles. The molecule has 2 amide bonds. The van der Waals surface area contributed by atoms with E-state index in [1.165, 1.54) is 16.7 Å². The zero-order chi connectivity index (χ0) is 15.2. The summed E-state index contributed by atoms with van der Waals surface area (Å²) in [5.74, 6) is -0.483. The van der Waals surface area contributed by atoms with E-state index in [9.17, 15) is 14.7 Å². The van der Waals surface area contributed by atoms with Crippen LogP contribution in [0.2, 0.25) is 0 Å². The first kappa shape index (κ1) is 15.7. The summed E-state index contributed by atoms with van der Waals surface area (Å²) in [7, 11) is 0. The number of hydrogen-bond acceptors (Lipinski definition) is 4. The monoisotopic (exact) mass is 312 g/mol. The summed E-state index contributed by atoms with van der Waals surface area (Å²) >= 11 is 1.52. The molecule has 2 atom stereocenters. The molecule has 2 unspecified atom stereocenters. The number of urea groups is 1. The van der Waals surface area contributed by atoms with Crippen molar-refractivity contribution in [3.8, 4) is 0 Å². The van der Waals surface area contributed by atoms with Crippen LogP contribution >= 0.6 is 11.8 Å². The Labute approximate surface area is 127 Å². The number of nitrogens with zero attached hydrogens (tertiary/aromatic N) is 3. The second kappa shape index (κ2) is 7.35. The van der Waals surface area contributed by atoms with Crippen molar-refractivity contribution in [2.75, 3.05) is 12.3 Å². The number of carboxylic acids is 1. The van der Waals surface area contributed by atoms with Gasteiger partial charge in [0.2, 0.25) is 0 Å². The van der Waals surface area contributed by atoms with Crippen LogP contribution in [0.15, 0.2) is 18.7 Å². The minimum Gasteiger partial charge on any atom is -0.480 e. The lowest BCUT2D eigenvalue weighted by atomic mass is 10.3. The highest BCUT2D eigenvalue weighted by molar-refractivity contribution is 8.00. The quantitative estimate of drug-likeness (QED) is 0.771. The van der Waals surface area contributed by atoms with Crippen molar-refractivity contribution in [3.05, 3.63) is 18.7 Å². The Morgan fingerprint density at radius 2 is 2.33 bits per heavy atom. The SMILES string of the molecule is CCC1SCC(C(=O)O)N1C(=O)NCCCn1ccnc1. The molecule has 1 aromatic rings. The molecule has 1 fully saturated rings. The maximum atomic E-state index is 12.2. The molecule has 0 aliphatic carbocycles. The molecule has 2 heterocycles. The fraction of sp³-hybridized carbons (Fsp3) is 0.615. The average Bonchev–Trinajstić information content (AvgIpc) is 3.11. The summed E-state index contributed by atoms with van der Waals surface area (Å²) in [6.07, 6.45) is 6.83. The highest BCUT2D eigenvalue weighted by Gasteiger charge is 2.40. The largest absolute Gasteiger partial charge is 0.480 e. The smallest absolute Gasteiger partial charge is 0.327 e. The van der Waals surface area contributed by atoms with Crippen molar-refractivity contribution >= 4 is 23.8 Å². The van der Waals surface area contributed by atoms with Crippen LogP contribution in [-0.4, -0.2) is 55.3 Å². The van der Waals surface area contributed by atoms with E-state index in [1.54, 1.807) is 12.5 Å². The van der Waals surface area contributed by atoms with E-state index in [0.717, 1.165) is 19.4 Å². The van der Waals surface area contributed by atoms with Gasteiger partial charge in [0, 0.05) is 31.2 Å². The van der Waals surface area contributed by atoms with Gasteiger partial charge >= 0.3 is 12.0 Å². The molecule has 1 aromatic heterocycles. The van der Waals surface area contributed by atoms with Gasteiger partial charge in [0.1, 0.15) is 6.04 Å². The van der Waals surface area contributed by atoms with E-state index in [4.69, 9.17) is 0 Å². The van der Waals surface area contributed by atoms with Crippen LogP contribution in [0.3, 0.4) is 0 Å². The molecule has 0 aromatic carbocycles. The number of hydrogen-bond donors (Lipinski definition) is 2. The number of carbonyl (C=O) groups excluding carboxylic acids is 1. The molecule has 21 heavy (non-hydrogen) atoms. The minimum absolute atomic E-state index is 0.0558. The minimum atomic E-state index is -0.938. The molecule has 0 spiro atoms. The lowest BCUT2D eigenvalue weighted by molar-refractivity contribution is -0.141. The molecule has 7 nitrogen and oxygen atoms in total. The molecular weight excluding hydrogens is 292 g/mol. The Balaban J connectivity index is 1.81. The van der Waals surface area contributed by atoms with Crippen molar-refractivity contribution in [1.82, 2.24) is 19.8 Å². The van der Waals surface area contributed by atoms with Gasteiger partial charge in [-0.15, -0.1) is 11.8 Å². The fourth-order valence-electron chi connectivity index (χ4n) is 2.31. The first-order chi connectivity index (χ1) is 10.1. The van der Waals surface area contributed by atoms with Gasteiger partial charge in [-0.25, -0.2) is 14.6 Å². The molecule has 1 aliphatic rings. The number of thioether (sulfide) groups is 1. The lowest BCUT2D eigenvalue weighted by Crippen LogP contribution is -2.50. The number of nitrogens with one attached hydrogen (secondary N) is 1. The van der Waals surface area contributed by atoms with Gasteiger partial charge in [-0.05, 0) is 12.8 Å². The number of imidazole rings is 1. The Morgan fingerprint density at radius 3 is 2.95 bits per heavy atom. The molecule has 0 bridgehead atoms. The highest BCUT2D eigenvalue weighted by Crippen LogP contribution is 2.31. The average molecular weight is 312 g/mol. The molecule has 2 rings (SSSR count). The fourth-order valence-corrected chi connectivity index (χ4v) is 3.65. The van der Waals surface area contributed by atoms with Crippen molar-refractivity contribution in [2.24, 2.45) is 0 Å². The normalized spacial score (nSPS) is 21.5. The Hall–Kier alpha value is -1.70. The van der Waals surface area contributed by atoms with Gasteiger partial charge in [0.15, 0.2) is 0 Å². The van der Waals surface area contributed by atoms with E-state index in [0.29, 0.717) is 12.3 Å². The summed E-state index contributed by atoms with van der Waals surface area (Å²) < 4.78 is 1.94. The van der Waals surface area contributed by atoms with Crippen molar-refractivity contribution in [3.63, 3.8) is 0 Å². The zero-order valence-electron chi connectivity index (χ0n) is 11.9. The third kappa shape index (κ3) is 3.90.